The maximum absolute atomic E-state index is 12.0. The molecule has 0 saturated carbocycles. The molecule has 16 heavy (non-hydrogen) atoms. The van der Waals surface area contributed by atoms with Gasteiger partial charge in [0.15, 0.2) is 0 Å². The second-order valence-electron chi connectivity index (χ2n) is 4.12. The summed E-state index contributed by atoms with van der Waals surface area (Å²) in [6.07, 6.45) is 0. The zero-order chi connectivity index (χ0) is 11.9. The Balaban J connectivity index is 2.92. The zero-order valence-electron chi connectivity index (χ0n) is 9.56. The molecule has 0 aliphatic rings. The van der Waals surface area contributed by atoms with Crippen LogP contribution < -0.4 is 5.69 Å². The normalized spacial score (nSPS) is 10.9. The van der Waals surface area contributed by atoms with Gasteiger partial charge in [-0.15, -0.1) is 0 Å². The number of aromatic nitrogens is 2. The largest absolute Gasteiger partial charge is 0.329 e. The van der Waals surface area contributed by atoms with E-state index in [0.29, 0.717) is 5.56 Å². The van der Waals surface area contributed by atoms with Crippen LogP contribution in [0.5, 0.6) is 0 Å². The highest BCUT2D eigenvalue weighted by molar-refractivity contribution is 5.77. The molecule has 0 fully saturated rings. The summed E-state index contributed by atoms with van der Waals surface area (Å²) in [6, 6.07) is 7.51. The Morgan fingerprint density at radius 2 is 2.00 bits per heavy atom. The van der Waals surface area contributed by atoms with Gasteiger partial charge < -0.3 is 0 Å². The van der Waals surface area contributed by atoms with E-state index in [1.807, 2.05) is 19.9 Å². The third-order valence-corrected chi connectivity index (χ3v) is 2.73. The first-order valence-corrected chi connectivity index (χ1v) is 5.17. The fourth-order valence-corrected chi connectivity index (χ4v) is 1.93. The van der Waals surface area contributed by atoms with Crippen molar-refractivity contribution < 1.29 is 0 Å². The lowest BCUT2D eigenvalue weighted by atomic mass is 10.2. The molecule has 4 heteroatoms. The van der Waals surface area contributed by atoms with E-state index in [1.54, 1.807) is 28.3 Å². The van der Waals surface area contributed by atoms with Crippen LogP contribution >= 0.6 is 0 Å². The molecule has 0 spiro atoms. The van der Waals surface area contributed by atoms with Crippen LogP contribution in [-0.4, -0.2) is 9.13 Å². The number of hydrogen-bond donors (Lipinski definition) is 0. The minimum Gasteiger partial charge on any atom is -0.295 e. The minimum absolute atomic E-state index is 0.0416. The Hall–Kier alpha value is -2.02. The summed E-state index contributed by atoms with van der Waals surface area (Å²) >= 11 is 0. The minimum atomic E-state index is -0.0416. The lowest BCUT2D eigenvalue weighted by molar-refractivity contribution is 0.583. The van der Waals surface area contributed by atoms with Gasteiger partial charge in [-0.2, -0.15) is 5.26 Å². The van der Waals surface area contributed by atoms with Crippen LogP contribution in [0.25, 0.3) is 11.0 Å². The lowest BCUT2D eigenvalue weighted by Crippen LogP contribution is -2.23. The van der Waals surface area contributed by atoms with Crippen molar-refractivity contribution in [3.05, 3.63) is 34.2 Å². The molecule has 0 radical (unpaired) electrons. The molecule has 1 aromatic heterocycles. The summed E-state index contributed by atoms with van der Waals surface area (Å²) in [4.78, 5) is 12.0. The molecule has 0 aliphatic heterocycles. The smallest absolute Gasteiger partial charge is 0.295 e. The van der Waals surface area contributed by atoms with Crippen molar-refractivity contribution in [2.45, 2.75) is 19.9 Å². The molecule has 82 valence electrons. The van der Waals surface area contributed by atoms with Crippen molar-refractivity contribution in [3.8, 4) is 6.07 Å². The van der Waals surface area contributed by atoms with Crippen molar-refractivity contribution in [3.63, 3.8) is 0 Å². The van der Waals surface area contributed by atoms with Crippen LogP contribution in [0.15, 0.2) is 23.0 Å². The Kier molecular flexibility index (Phi) is 2.31. The Morgan fingerprint density at radius 1 is 1.31 bits per heavy atom. The lowest BCUT2D eigenvalue weighted by Gasteiger charge is -2.06. The zero-order valence-corrected chi connectivity index (χ0v) is 9.56. The average Bonchev–Trinajstić information content (AvgIpc) is 2.51. The van der Waals surface area contributed by atoms with Crippen LogP contribution in [0.4, 0.5) is 0 Å². The Morgan fingerprint density at radius 3 is 2.56 bits per heavy atom. The summed E-state index contributed by atoms with van der Waals surface area (Å²) in [5.74, 6) is 0. The van der Waals surface area contributed by atoms with Gasteiger partial charge in [0.05, 0.1) is 22.7 Å². The number of aryl methyl sites for hydroxylation is 1. The van der Waals surface area contributed by atoms with Gasteiger partial charge in [-0.25, -0.2) is 4.79 Å². The van der Waals surface area contributed by atoms with Gasteiger partial charge >= 0.3 is 5.69 Å². The number of hydrogen-bond acceptors (Lipinski definition) is 2. The molecule has 0 aliphatic carbocycles. The molecule has 1 heterocycles. The van der Waals surface area contributed by atoms with E-state index >= 15 is 0 Å². The van der Waals surface area contributed by atoms with Crippen molar-refractivity contribution in [2.24, 2.45) is 7.05 Å². The molecule has 0 saturated heterocycles. The predicted molar refractivity (Wildman–Crippen MR) is 62.3 cm³/mol. The third-order valence-electron chi connectivity index (χ3n) is 2.73. The molecule has 2 aromatic rings. The molecule has 0 N–H and O–H groups in total. The van der Waals surface area contributed by atoms with E-state index in [4.69, 9.17) is 5.26 Å². The second kappa shape index (κ2) is 3.53. The maximum Gasteiger partial charge on any atom is 0.329 e. The standard InChI is InChI=1S/C12H13N3O/c1-8(2)15-10-5-4-9(7-13)6-11(10)14(3)12(15)16/h4-6,8H,1-3H3. The predicted octanol–water partition coefficient (Wildman–Crippen LogP) is 1.79. The van der Waals surface area contributed by atoms with E-state index < -0.39 is 0 Å². The summed E-state index contributed by atoms with van der Waals surface area (Å²) < 4.78 is 3.31. The van der Waals surface area contributed by atoms with Crippen LogP contribution in [0, 0.1) is 11.3 Å². The number of nitriles is 1. The van der Waals surface area contributed by atoms with Gasteiger partial charge in [-0.05, 0) is 32.0 Å². The molecule has 1 aromatic carbocycles. The molecule has 0 unspecified atom stereocenters. The van der Waals surface area contributed by atoms with Gasteiger partial charge in [0, 0.05) is 13.1 Å². The highest BCUT2D eigenvalue weighted by atomic mass is 16.1. The number of imidazole rings is 1. The summed E-state index contributed by atoms with van der Waals surface area (Å²) in [6.45, 7) is 3.94. The highest BCUT2D eigenvalue weighted by Gasteiger charge is 2.12. The topological polar surface area (TPSA) is 50.7 Å². The SMILES string of the molecule is CC(C)n1c(=O)n(C)c2cc(C#N)ccc21. The summed E-state index contributed by atoms with van der Waals surface area (Å²) in [5, 5.41) is 8.83. The van der Waals surface area contributed by atoms with Crippen molar-refractivity contribution in [2.75, 3.05) is 0 Å². The van der Waals surface area contributed by atoms with Crippen molar-refractivity contribution in [1.29, 1.82) is 5.26 Å². The third kappa shape index (κ3) is 1.33. The van der Waals surface area contributed by atoms with Gasteiger partial charge in [-0.1, -0.05) is 0 Å². The van der Waals surface area contributed by atoms with Crippen molar-refractivity contribution in [1.82, 2.24) is 9.13 Å². The monoisotopic (exact) mass is 215 g/mol. The maximum atomic E-state index is 12.0. The van der Waals surface area contributed by atoms with E-state index in [1.165, 1.54) is 0 Å². The first-order valence-electron chi connectivity index (χ1n) is 5.17. The molecule has 0 amide bonds. The van der Waals surface area contributed by atoms with Gasteiger partial charge in [0.2, 0.25) is 0 Å². The fraction of sp³-hybridized carbons (Fsp3) is 0.333. The molecule has 0 atom stereocenters. The number of rotatable bonds is 1. The van der Waals surface area contributed by atoms with E-state index in [-0.39, 0.29) is 11.7 Å². The number of benzene rings is 1. The van der Waals surface area contributed by atoms with E-state index in [9.17, 15) is 4.79 Å². The number of nitrogens with zero attached hydrogens (tertiary/aromatic N) is 3. The molecule has 2 rings (SSSR count). The van der Waals surface area contributed by atoms with Crippen molar-refractivity contribution >= 4 is 11.0 Å². The average molecular weight is 215 g/mol. The fourth-order valence-electron chi connectivity index (χ4n) is 1.93. The molecule has 4 nitrogen and oxygen atoms in total. The van der Waals surface area contributed by atoms with Gasteiger partial charge in [0.25, 0.3) is 0 Å². The van der Waals surface area contributed by atoms with Gasteiger partial charge in [-0.3, -0.25) is 9.13 Å². The second-order valence-corrected chi connectivity index (χ2v) is 4.12. The molecular formula is C12H13N3O. The Bertz CT molecular complexity index is 641. The van der Waals surface area contributed by atoms with Crippen LogP contribution in [-0.2, 0) is 7.05 Å². The van der Waals surface area contributed by atoms with Crippen LogP contribution in [0.3, 0.4) is 0 Å². The first kappa shape index (κ1) is 10.5. The van der Waals surface area contributed by atoms with Crippen LogP contribution in [0.1, 0.15) is 25.5 Å². The van der Waals surface area contributed by atoms with Crippen LogP contribution in [0.2, 0.25) is 0 Å². The number of fused-ring (bicyclic) bond motifs is 1. The highest BCUT2D eigenvalue weighted by Crippen LogP contribution is 2.17. The molecule has 0 bridgehead atoms. The quantitative estimate of drug-likeness (QED) is 0.728. The van der Waals surface area contributed by atoms with E-state index in [2.05, 4.69) is 6.07 Å². The molecular weight excluding hydrogens is 202 g/mol. The van der Waals surface area contributed by atoms with E-state index in [0.717, 1.165) is 11.0 Å². The Labute approximate surface area is 93.3 Å². The van der Waals surface area contributed by atoms with Gasteiger partial charge in [0.1, 0.15) is 0 Å². The summed E-state index contributed by atoms with van der Waals surface area (Å²) in [7, 11) is 1.73. The summed E-state index contributed by atoms with van der Waals surface area (Å²) in [5.41, 5.74) is 2.21. The first-order chi connectivity index (χ1) is 7.56.